The highest BCUT2D eigenvalue weighted by atomic mass is 19.4. The summed E-state index contributed by atoms with van der Waals surface area (Å²) < 4.78 is 225. The van der Waals surface area contributed by atoms with Crippen LogP contribution in [-0.4, -0.2) is 59.5 Å². The molecule has 0 bridgehead atoms. The van der Waals surface area contributed by atoms with E-state index in [0.29, 0.717) is 0 Å². The van der Waals surface area contributed by atoms with Crippen LogP contribution in [0, 0.1) is 0 Å². The van der Waals surface area contributed by atoms with Gasteiger partial charge < -0.3 is 0 Å². The Labute approximate surface area is 149 Å². The first-order valence-electron chi connectivity index (χ1n) is 6.06. The van der Waals surface area contributed by atoms with Crippen molar-refractivity contribution in [2.24, 2.45) is 0 Å². The second-order valence-corrected chi connectivity index (χ2v) is 5.12. The fourth-order valence-corrected chi connectivity index (χ4v) is 1.55. The molecule has 0 saturated heterocycles. The Morgan fingerprint density at radius 2 is 0.467 bits per heavy atom. The molecule has 178 valence electrons. The number of hydrogen-bond donors (Lipinski definition) is 0. The van der Waals surface area contributed by atoms with Crippen LogP contribution in [-0.2, 0) is 9.59 Å². The first-order chi connectivity index (χ1) is 12.6. The molecular formula is C10F18O2. The van der Waals surface area contributed by atoms with E-state index in [0.717, 1.165) is 0 Å². The molecule has 0 aromatic heterocycles. The molecule has 0 fully saturated rings. The quantitative estimate of drug-likeness (QED) is 0.501. The molecule has 20 heteroatoms. The van der Waals surface area contributed by atoms with Crippen LogP contribution in [0.5, 0.6) is 0 Å². The molecule has 0 aliphatic rings. The summed E-state index contributed by atoms with van der Waals surface area (Å²) in [6.45, 7) is 0. The second kappa shape index (κ2) is 6.79. The lowest BCUT2D eigenvalue weighted by Crippen LogP contribution is -2.72. The molecule has 2 nitrogen and oxygen atoms in total. The third-order valence-corrected chi connectivity index (χ3v) is 3.15. The fraction of sp³-hybridized carbons (Fsp3) is 0.800. The van der Waals surface area contributed by atoms with Gasteiger partial charge in [-0.25, -0.2) is 8.78 Å². The van der Waals surface area contributed by atoms with Crippen LogP contribution in [0.4, 0.5) is 79.0 Å². The summed E-state index contributed by atoms with van der Waals surface area (Å²) >= 11 is 0. The zero-order valence-corrected chi connectivity index (χ0v) is 12.6. The van der Waals surface area contributed by atoms with Crippen molar-refractivity contribution < 1.29 is 88.6 Å². The van der Waals surface area contributed by atoms with Gasteiger partial charge in [-0.05, 0) is 0 Å². The standard InChI is InChI=1S/C10F18O2/c11-3(7(17,18)19,8(20,21)22)1(29)5(13,14)6(15,16)2(30)4(12,9(23,24)25)10(26,27)28. The van der Waals surface area contributed by atoms with E-state index < -0.39 is 59.5 Å². The third-order valence-electron chi connectivity index (χ3n) is 3.15. The van der Waals surface area contributed by atoms with Gasteiger partial charge in [0, 0.05) is 0 Å². The zero-order chi connectivity index (χ0) is 25.2. The summed E-state index contributed by atoms with van der Waals surface area (Å²) in [5.41, 5.74) is -16.0. The first-order valence-corrected chi connectivity index (χ1v) is 6.06. The van der Waals surface area contributed by atoms with Crippen LogP contribution in [0.1, 0.15) is 0 Å². The number of carbonyl (C=O) groups is 2. The zero-order valence-electron chi connectivity index (χ0n) is 12.6. The molecule has 0 spiro atoms. The molecule has 0 aromatic carbocycles. The Morgan fingerprint density at radius 1 is 0.333 bits per heavy atom. The van der Waals surface area contributed by atoms with Crippen molar-refractivity contribution in [1.29, 1.82) is 0 Å². The summed E-state index contributed by atoms with van der Waals surface area (Å²) in [5.74, 6) is -27.9. The lowest BCUT2D eigenvalue weighted by molar-refractivity contribution is -0.343. The van der Waals surface area contributed by atoms with E-state index >= 15 is 0 Å². The normalized spacial score (nSPS) is 15.9. The highest BCUT2D eigenvalue weighted by Crippen LogP contribution is 2.55. The van der Waals surface area contributed by atoms with E-state index in [-0.39, 0.29) is 0 Å². The van der Waals surface area contributed by atoms with Crippen molar-refractivity contribution in [2.75, 3.05) is 0 Å². The Kier molecular flexibility index (Phi) is 6.36. The number of ketones is 2. The average molecular weight is 494 g/mol. The molecular weight excluding hydrogens is 494 g/mol. The van der Waals surface area contributed by atoms with Crippen molar-refractivity contribution >= 4 is 11.6 Å². The molecule has 0 aromatic rings. The molecule has 0 amide bonds. The topological polar surface area (TPSA) is 34.1 Å². The van der Waals surface area contributed by atoms with E-state index in [1.807, 2.05) is 0 Å². The smallest absolute Gasteiger partial charge is 0.288 e. The van der Waals surface area contributed by atoms with Crippen LogP contribution >= 0.6 is 0 Å². The van der Waals surface area contributed by atoms with Gasteiger partial charge in [-0.1, -0.05) is 0 Å². The summed E-state index contributed by atoms with van der Waals surface area (Å²) in [7, 11) is 0. The third kappa shape index (κ3) is 3.65. The highest BCUT2D eigenvalue weighted by Gasteiger charge is 2.89. The number of Topliss-reactive ketones (excluding diaryl/α,β-unsaturated/α-hetero) is 2. The Balaban J connectivity index is 6.91. The fourth-order valence-electron chi connectivity index (χ4n) is 1.55. The maximum absolute atomic E-state index is 13.2. The van der Waals surface area contributed by atoms with Crippen LogP contribution in [0.25, 0.3) is 0 Å². The second-order valence-electron chi connectivity index (χ2n) is 5.12. The van der Waals surface area contributed by atoms with Crippen molar-refractivity contribution in [3.8, 4) is 0 Å². The van der Waals surface area contributed by atoms with E-state index in [2.05, 4.69) is 0 Å². The van der Waals surface area contributed by atoms with Crippen LogP contribution in [0.2, 0.25) is 0 Å². The number of alkyl halides is 18. The molecule has 0 rings (SSSR count). The monoisotopic (exact) mass is 494 g/mol. The molecule has 0 heterocycles. The Hall–Kier alpha value is -1.92. The van der Waals surface area contributed by atoms with Gasteiger partial charge in [-0.3, -0.25) is 9.59 Å². The molecule has 0 atom stereocenters. The minimum absolute atomic E-state index is 5.72. The SMILES string of the molecule is O=C(C(F)(F)C(F)(F)C(=O)C(F)(C(F)(F)F)C(F)(F)F)C(F)(C(F)(F)F)C(F)(F)F. The maximum Gasteiger partial charge on any atom is 0.439 e. The van der Waals surface area contributed by atoms with Crippen LogP contribution in [0.3, 0.4) is 0 Å². The molecule has 30 heavy (non-hydrogen) atoms. The van der Waals surface area contributed by atoms with Crippen LogP contribution in [0.15, 0.2) is 0 Å². The number of carbonyl (C=O) groups excluding carboxylic acids is 2. The van der Waals surface area contributed by atoms with Crippen LogP contribution < -0.4 is 0 Å². The van der Waals surface area contributed by atoms with Gasteiger partial charge in [0.25, 0.3) is 11.6 Å². The highest BCUT2D eigenvalue weighted by molar-refractivity contribution is 6.05. The van der Waals surface area contributed by atoms with Gasteiger partial charge >= 0.3 is 47.9 Å². The van der Waals surface area contributed by atoms with Crippen molar-refractivity contribution in [1.82, 2.24) is 0 Å². The van der Waals surface area contributed by atoms with Gasteiger partial charge in [0.1, 0.15) is 0 Å². The molecule has 0 aliphatic heterocycles. The van der Waals surface area contributed by atoms with Gasteiger partial charge in [0.2, 0.25) is 0 Å². The van der Waals surface area contributed by atoms with Gasteiger partial charge in [0.05, 0.1) is 0 Å². The summed E-state index contributed by atoms with van der Waals surface area (Å²) in [6.07, 6.45) is -31.5. The average Bonchev–Trinajstić information content (AvgIpc) is 2.46. The van der Waals surface area contributed by atoms with E-state index in [1.54, 1.807) is 0 Å². The van der Waals surface area contributed by atoms with E-state index in [9.17, 15) is 88.6 Å². The summed E-state index contributed by atoms with van der Waals surface area (Å²) in [5, 5.41) is 0. The number of halogens is 18. The lowest BCUT2D eigenvalue weighted by Gasteiger charge is -2.36. The van der Waals surface area contributed by atoms with Gasteiger partial charge in [0.15, 0.2) is 0 Å². The predicted molar refractivity (Wildman–Crippen MR) is 51.8 cm³/mol. The first kappa shape index (κ1) is 28.1. The van der Waals surface area contributed by atoms with Gasteiger partial charge in [-0.15, -0.1) is 0 Å². The molecule has 0 aliphatic carbocycles. The largest absolute Gasteiger partial charge is 0.439 e. The summed E-state index contributed by atoms with van der Waals surface area (Å²) in [6, 6.07) is 0. The predicted octanol–water partition coefficient (Wildman–Crippen LogP) is 5.06. The molecule has 0 radical (unpaired) electrons. The van der Waals surface area contributed by atoms with Crippen molar-refractivity contribution in [3.63, 3.8) is 0 Å². The van der Waals surface area contributed by atoms with Crippen molar-refractivity contribution in [3.05, 3.63) is 0 Å². The summed E-state index contributed by atoms with van der Waals surface area (Å²) in [4.78, 5) is 21.4. The van der Waals surface area contributed by atoms with E-state index in [4.69, 9.17) is 0 Å². The minimum atomic E-state index is -8.21. The molecule has 0 unspecified atom stereocenters. The number of hydrogen-bond acceptors (Lipinski definition) is 2. The molecule has 0 saturated carbocycles. The van der Waals surface area contributed by atoms with Crippen molar-refractivity contribution in [2.45, 2.75) is 47.9 Å². The Morgan fingerprint density at radius 3 is 0.567 bits per heavy atom. The maximum atomic E-state index is 13.2. The number of rotatable bonds is 5. The molecule has 0 N–H and O–H groups in total. The Bertz CT molecular complexity index is 600. The minimum Gasteiger partial charge on any atom is -0.288 e. The lowest BCUT2D eigenvalue weighted by atomic mass is 9.85. The van der Waals surface area contributed by atoms with Gasteiger partial charge in [-0.2, -0.15) is 70.2 Å². The van der Waals surface area contributed by atoms with E-state index in [1.165, 1.54) is 0 Å².